The van der Waals surface area contributed by atoms with Gasteiger partial charge in [-0.25, -0.2) is 0 Å². The third kappa shape index (κ3) is 4.77. The molecule has 2 rings (SSSR count). The summed E-state index contributed by atoms with van der Waals surface area (Å²) in [6, 6.07) is 12.9. The maximum atomic E-state index is 12.4. The van der Waals surface area contributed by atoms with Crippen molar-refractivity contribution < 1.29 is 27.8 Å². The lowest BCUT2D eigenvalue weighted by Gasteiger charge is -2.11. The zero-order valence-corrected chi connectivity index (χ0v) is 13.6. The van der Waals surface area contributed by atoms with E-state index >= 15 is 0 Å². The number of benzene rings is 2. The Morgan fingerprint density at radius 2 is 1.81 bits per heavy atom. The molecule has 0 aliphatic heterocycles. The lowest BCUT2D eigenvalue weighted by molar-refractivity contribution is -0.117. The Labute approximate surface area is 148 Å². The van der Waals surface area contributed by atoms with Gasteiger partial charge in [-0.15, -0.1) is 0 Å². The fourth-order valence-corrected chi connectivity index (χ4v) is 2.14. The zero-order valence-electron chi connectivity index (χ0n) is 13.6. The molecule has 1 amide bonds. The predicted octanol–water partition coefficient (Wildman–Crippen LogP) is 3.26. The monoisotopic (exact) mass is 360 g/mol. The Balaban J connectivity index is 2.17. The summed E-state index contributed by atoms with van der Waals surface area (Å²) < 4.78 is 33.8. The number of nitrogens with zero attached hydrogens (tertiary/aromatic N) is 1. The third-order valence-electron chi connectivity index (χ3n) is 3.33. The minimum absolute atomic E-state index is 0.0875. The molecule has 2 aromatic carbocycles. The number of carbonyl (C=O) groups is 2. The molecule has 8 heteroatoms. The van der Waals surface area contributed by atoms with Crippen molar-refractivity contribution in [3.05, 3.63) is 54.1 Å². The minimum atomic E-state index is -3.05. The van der Waals surface area contributed by atoms with Gasteiger partial charge in [0.1, 0.15) is 11.5 Å². The Morgan fingerprint density at radius 3 is 2.46 bits per heavy atom. The Kier molecular flexibility index (Phi) is 6.22. The molecule has 0 aliphatic rings. The molecule has 2 aromatic rings. The summed E-state index contributed by atoms with van der Waals surface area (Å²) in [5.41, 5.74) is 0.257. The Hall–Kier alpha value is -3.47. The van der Waals surface area contributed by atoms with E-state index in [4.69, 9.17) is 4.74 Å². The van der Waals surface area contributed by atoms with Gasteiger partial charge in [0.05, 0.1) is 13.2 Å². The fourth-order valence-electron chi connectivity index (χ4n) is 2.14. The molecule has 0 saturated heterocycles. The summed E-state index contributed by atoms with van der Waals surface area (Å²) in [5.74, 6) is -3.07. The van der Waals surface area contributed by atoms with E-state index in [1.807, 2.05) is 0 Å². The number of anilines is 1. The third-order valence-corrected chi connectivity index (χ3v) is 3.33. The van der Waals surface area contributed by atoms with Crippen molar-refractivity contribution in [1.82, 2.24) is 0 Å². The standard InChI is InChI=1S/C18H14F2N2O4/c1-25-13-6-3-5-12(9-13)22-17(24)15(10-21)16(23)11-4-2-7-14(8-11)26-18(19)20/h2-9,15,18H,1H3,(H,22,24). The first kappa shape index (κ1) is 18.9. The normalized spacial score (nSPS) is 11.3. The van der Waals surface area contributed by atoms with Gasteiger partial charge in [0.2, 0.25) is 5.91 Å². The number of methoxy groups -OCH3 is 1. The number of ketones is 1. The summed E-state index contributed by atoms with van der Waals surface area (Å²) in [6.07, 6.45) is 0. The molecule has 1 atom stereocenters. The first-order valence-corrected chi connectivity index (χ1v) is 7.38. The molecule has 0 saturated carbocycles. The van der Waals surface area contributed by atoms with E-state index in [2.05, 4.69) is 10.1 Å². The second kappa shape index (κ2) is 8.58. The smallest absolute Gasteiger partial charge is 0.387 e. The van der Waals surface area contributed by atoms with Gasteiger partial charge >= 0.3 is 6.61 Å². The molecule has 26 heavy (non-hydrogen) atoms. The average Bonchev–Trinajstić information content (AvgIpc) is 2.62. The van der Waals surface area contributed by atoms with Crippen molar-refractivity contribution in [2.75, 3.05) is 12.4 Å². The van der Waals surface area contributed by atoms with Crippen LogP contribution in [-0.4, -0.2) is 25.4 Å². The number of ether oxygens (including phenoxy) is 2. The number of nitrogens with one attached hydrogen (secondary N) is 1. The molecule has 0 heterocycles. The van der Waals surface area contributed by atoms with Crippen LogP contribution in [0.3, 0.4) is 0 Å². The molecule has 0 aromatic heterocycles. The zero-order chi connectivity index (χ0) is 19.1. The molecule has 0 aliphatic carbocycles. The van der Waals surface area contributed by atoms with Crippen LogP contribution in [0, 0.1) is 17.2 Å². The summed E-state index contributed by atoms with van der Waals surface area (Å²) in [4.78, 5) is 24.7. The quantitative estimate of drug-likeness (QED) is 0.605. The molecule has 6 nitrogen and oxygen atoms in total. The average molecular weight is 360 g/mol. The van der Waals surface area contributed by atoms with Crippen LogP contribution in [-0.2, 0) is 4.79 Å². The van der Waals surface area contributed by atoms with Gasteiger partial charge in [-0.3, -0.25) is 9.59 Å². The van der Waals surface area contributed by atoms with Crippen molar-refractivity contribution in [2.24, 2.45) is 5.92 Å². The van der Waals surface area contributed by atoms with Crippen molar-refractivity contribution >= 4 is 17.4 Å². The highest BCUT2D eigenvalue weighted by Gasteiger charge is 2.28. The van der Waals surface area contributed by atoms with Gasteiger partial charge in [0.25, 0.3) is 0 Å². The molecule has 0 fully saturated rings. The fraction of sp³-hybridized carbons (Fsp3) is 0.167. The van der Waals surface area contributed by atoms with Gasteiger partial charge < -0.3 is 14.8 Å². The van der Waals surface area contributed by atoms with Crippen LogP contribution in [0.4, 0.5) is 14.5 Å². The van der Waals surface area contributed by atoms with Gasteiger partial charge in [-0.1, -0.05) is 18.2 Å². The van der Waals surface area contributed by atoms with Crippen molar-refractivity contribution in [2.45, 2.75) is 6.61 Å². The predicted molar refractivity (Wildman–Crippen MR) is 88.1 cm³/mol. The molecule has 0 radical (unpaired) electrons. The van der Waals surface area contributed by atoms with Crippen LogP contribution in [0.5, 0.6) is 11.5 Å². The lowest BCUT2D eigenvalue weighted by atomic mass is 9.97. The van der Waals surface area contributed by atoms with E-state index in [0.29, 0.717) is 11.4 Å². The molecule has 1 N–H and O–H groups in total. The van der Waals surface area contributed by atoms with Gasteiger partial charge in [0.15, 0.2) is 11.7 Å². The Morgan fingerprint density at radius 1 is 1.12 bits per heavy atom. The molecule has 134 valence electrons. The maximum Gasteiger partial charge on any atom is 0.387 e. The second-order valence-corrected chi connectivity index (χ2v) is 5.05. The van der Waals surface area contributed by atoms with Crippen molar-refractivity contribution in [3.8, 4) is 17.6 Å². The highest BCUT2D eigenvalue weighted by Crippen LogP contribution is 2.21. The number of Topliss-reactive ketones (excluding diaryl/α,β-unsaturated/α-hetero) is 1. The van der Waals surface area contributed by atoms with Crippen LogP contribution < -0.4 is 14.8 Å². The van der Waals surface area contributed by atoms with Crippen LogP contribution in [0.2, 0.25) is 0 Å². The Bertz CT molecular complexity index is 849. The van der Waals surface area contributed by atoms with Gasteiger partial charge in [-0.2, -0.15) is 14.0 Å². The largest absolute Gasteiger partial charge is 0.497 e. The number of nitriles is 1. The van der Waals surface area contributed by atoms with Gasteiger partial charge in [0, 0.05) is 17.3 Å². The first-order valence-electron chi connectivity index (χ1n) is 7.38. The van der Waals surface area contributed by atoms with E-state index in [9.17, 15) is 23.6 Å². The minimum Gasteiger partial charge on any atom is -0.497 e. The molecule has 1 unspecified atom stereocenters. The van der Waals surface area contributed by atoms with E-state index in [-0.39, 0.29) is 11.3 Å². The number of carbonyl (C=O) groups excluding carboxylic acids is 2. The first-order chi connectivity index (χ1) is 12.4. The summed E-state index contributed by atoms with van der Waals surface area (Å²) in [7, 11) is 1.46. The van der Waals surface area contributed by atoms with Crippen molar-refractivity contribution in [3.63, 3.8) is 0 Å². The summed E-state index contributed by atoms with van der Waals surface area (Å²) in [6.45, 7) is -3.05. The molecule has 0 spiro atoms. The highest BCUT2D eigenvalue weighted by molar-refractivity contribution is 6.15. The van der Waals surface area contributed by atoms with Gasteiger partial charge in [-0.05, 0) is 24.3 Å². The molecule has 0 bridgehead atoms. The van der Waals surface area contributed by atoms with E-state index in [1.165, 1.54) is 31.4 Å². The second-order valence-electron chi connectivity index (χ2n) is 5.05. The van der Waals surface area contributed by atoms with E-state index in [1.54, 1.807) is 24.3 Å². The number of alkyl halides is 2. The number of amides is 1. The summed E-state index contributed by atoms with van der Waals surface area (Å²) in [5, 5.41) is 11.7. The van der Waals surface area contributed by atoms with Crippen LogP contribution in [0.25, 0.3) is 0 Å². The summed E-state index contributed by atoms with van der Waals surface area (Å²) >= 11 is 0. The van der Waals surface area contributed by atoms with E-state index in [0.717, 1.165) is 6.07 Å². The van der Waals surface area contributed by atoms with Crippen molar-refractivity contribution in [1.29, 1.82) is 5.26 Å². The molecular formula is C18H14F2N2O4. The van der Waals surface area contributed by atoms with Crippen LogP contribution in [0.1, 0.15) is 10.4 Å². The maximum absolute atomic E-state index is 12.4. The number of halogens is 2. The van der Waals surface area contributed by atoms with Crippen LogP contribution >= 0.6 is 0 Å². The highest BCUT2D eigenvalue weighted by atomic mass is 19.3. The number of hydrogen-bond donors (Lipinski definition) is 1. The number of rotatable bonds is 7. The number of hydrogen-bond acceptors (Lipinski definition) is 5. The SMILES string of the molecule is COc1cccc(NC(=O)C(C#N)C(=O)c2cccc(OC(F)F)c2)c1. The molecular weight excluding hydrogens is 346 g/mol. The topological polar surface area (TPSA) is 88.4 Å². The lowest BCUT2D eigenvalue weighted by Crippen LogP contribution is -2.28. The van der Waals surface area contributed by atoms with E-state index < -0.39 is 24.2 Å². The van der Waals surface area contributed by atoms with Crippen LogP contribution in [0.15, 0.2) is 48.5 Å².